The molecule has 1 aromatic rings. The molecular weight excluding hydrogens is 477 g/mol. The lowest BCUT2D eigenvalue weighted by atomic mass is 10.2. The molecule has 1 heterocycles. The van der Waals surface area contributed by atoms with Crippen LogP contribution in [0.5, 0.6) is 0 Å². The first-order chi connectivity index (χ1) is 12.0. The Bertz CT molecular complexity index is 628. The highest BCUT2D eigenvalue weighted by molar-refractivity contribution is 14.0. The highest BCUT2D eigenvalue weighted by Crippen LogP contribution is 2.16. The fraction of sp³-hybridized carbons (Fsp3) is 0.722. The first-order valence-electron chi connectivity index (χ1n) is 8.86. The molecule has 1 amide bonds. The number of nitrogens with one attached hydrogen (secondary N) is 2. The molecule has 0 radical (unpaired) electrons. The molecule has 156 valence electrons. The topological polar surface area (TPSA) is 78.9 Å². The third-order valence-corrected chi connectivity index (χ3v) is 4.91. The molecule has 2 N–H and O–H groups in total. The van der Waals surface area contributed by atoms with Crippen LogP contribution in [0.3, 0.4) is 0 Å². The fourth-order valence-corrected chi connectivity index (χ4v) is 3.11. The SMILES string of the molecule is CN=C(NCCC(C)N(C)C(=O)OC(C)(C)C)NCc1sc(C)nc1C.I. The van der Waals surface area contributed by atoms with Gasteiger partial charge in [0.25, 0.3) is 0 Å². The number of aliphatic imine (C=N–C) groups is 1. The Labute approximate surface area is 184 Å². The van der Waals surface area contributed by atoms with Crippen molar-refractivity contribution in [2.45, 2.75) is 66.2 Å². The number of aryl methyl sites for hydroxylation is 2. The molecule has 0 fully saturated rings. The fourth-order valence-electron chi connectivity index (χ4n) is 2.23. The van der Waals surface area contributed by atoms with Gasteiger partial charge in [0.15, 0.2) is 5.96 Å². The number of carbonyl (C=O) groups is 1. The van der Waals surface area contributed by atoms with Gasteiger partial charge in [0.1, 0.15) is 5.60 Å². The maximum atomic E-state index is 12.1. The summed E-state index contributed by atoms with van der Waals surface area (Å²) < 4.78 is 5.40. The molecule has 9 heteroatoms. The number of ether oxygens (including phenoxy) is 1. The molecule has 0 saturated carbocycles. The van der Waals surface area contributed by atoms with E-state index in [1.165, 1.54) is 4.88 Å². The van der Waals surface area contributed by atoms with Crippen molar-refractivity contribution in [2.24, 2.45) is 4.99 Å². The predicted octanol–water partition coefficient (Wildman–Crippen LogP) is 3.69. The van der Waals surface area contributed by atoms with Crippen LogP contribution in [0, 0.1) is 13.8 Å². The van der Waals surface area contributed by atoms with Gasteiger partial charge in [0, 0.05) is 31.6 Å². The molecule has 1 unspecified atom stereocenters. The maximum Gasteiger partial charge on any atom is 0.410 e. The van der Waals surface area contributed by atoms with Gasteiger partial charge in [-0.1, -0.05) is 0 Å². The van der Waals surface area contributed by atoms with Gasteiger partial charge < -0.3 is 20.3 Å². The first-order valence-corrected chi connectivity index (χ1v) is 9.68. The molecule has 0 spiro atoms. The van der Waals surface area contributed by atoms with Gasteiger partial charge in [-0.15, -0.1) is 35.3 Å². The van der Waals surface area contributed by atoms with Crippen molar-refractivity contribution in [3.63, 3.8) is 0 Å². The van der Waals surface area contributed by atoms with Gasteiger partial charge in [-0.25, -0.2) is 9.78 Å². The lowest BCUT2D eigenvalue weighted by Gasteiger charge is -2.28. The number of aromatic nitrogens is 1. The standard InChI is InChI=1S/C18H33N5O2S.HI/c1-12(23(8)17(24)25-18(4,5)6)9-10-20-16(19-7)21-11-15-13(2)22-14(3)26-15;/h12H,9-11H2,1-8H3,(H2,19,20,21);1H. The summed E-state index contributed by atoms with van der Waals surface area (Å²) >= 11 is 1.69. The van der Waals surface area contributed by atoms with Gasteiger partial charge in [-0.05, 0) is 48.0 Å². The number of amides is 1. The Balaban J connectivity index is 0.00000676. The minimum absolute atomic E-state index is 0. The van der Waals surface area contributed by atoms with Gasteiger partial charge in [-0.3, -0.25) is 4.99 Å². The second-order valence-electron chi connectivity index (χ2n) is 7.32. The molecule has 0 aliphatic rings. The summed E-state index contributed by atoms with van der Waals surface area (Å²) in [6.45, 7) is 13.0. The zero-order valence-electron chi connectivity index (χ0n) is 17.7. The zero-order chi connectivity index (χ0) is 19.9. The van der Waals surface area contributed by atoms with E-state index in [0.717, 1.165) is 23.1 Å². The summed E-state index contributed by atoms with van der Waals surface area (Å²) in [7, 11) is 3.51. The van der Waals surface area contributed by atoms with Crippen LogP contribution in [-0.2, 0) is 11.3 Å². The Morgan fingerprint density at radius 1 is 1.33 bits per heavy atom. The summed E-state index contributed by atoms with van der Waals surface area (Å²) in [5, 5.41) is 7.65. The van der Waals surface area contributed by atoms with E-state index in [9.17, 15) is 4.79 Å². The molecule has 0 aliphatic heterocycles. The molecule has 0 aliphatic carbocycles. The van der Waals surface area contributed by atoms with Crippen molar-refractivity contribution in [1.82, 2.24) is 20.5 Å². The number of thiazole rings is 1. The molecule has 0 saturated heterocycles. The Kier molecular flexibility index (Phi) is 11.2. The zero-order valence-corrected chi connectivity index (χ0v) is 20.8. The van der Waals surface area contributed by atoms with E-state index in [2.05, 4.69) is 20.6 Å². The van der Waals surface area contributed by atoms with Crippen molar-refractivity contribution in [3.8, 4) is 0 Å². The number of nitrogens with zero attached hydrogens (tertiary/aromatic N) is 3. The van der Waals surface area contributed by atoms with Crippen molar-refractivity contribution < 1.29 is 9.53 Å². The van der Waals surface area contributed by atoms with Gasteiger partial charge in [0.2, 0.25) is 0 Å². The average Bonchev–Trinajstić information content (AvgIpc) is 2.85. The summed E-state index contributed by atoms with van der Waals surface area (Å²) in [6, 6.07) is 0.0573. The quantitative estimate of drug-likeness (QED) is 0.346. The average molecular weight is 511 g/mol. The van der Waals surface area contributed by atoms with Crippen LogP contribution in [-0.4, -0.2) is 54.2 Å². The Morgan fingerprint density at radius 2 is 1.96 bits per heavy atom. The Hall–Kier alpha value is -1.10. The van der Waals surface area contributed by atoms with Crippen LogP contribution < -0.4 is 10.6 Å². The monoisotopic (exact) mass is 511 g/mol. The molecule has 1 aromatic heterocycles. The maximum absolute atomic E-state index is 12.1. The number of carbonyl (C=O) groups excluding carboxylic acids is 1. The van der Waals surface area contributed by atoms with E-state index in [-0.39, 0.29) is 36.1 Å². The largest absolute Gasteiger partial charge is 0.444 e. The third kappa shape index (κ3) is 9.59. The number of hydrogen-bond donors (Lipinski definition) is 2. The van der Waals surface area contributed by atoms with Crippen molar-refractivity contribution in [3.05, 3.63) is 15.6 Å². The minimum Gasteiger partial charge on any atom is -0.444 e. The van der Waals surface area contributed by atoms with Crippen LogP contribution >= 0.6 is 35.3 Å². The molecular formula is C18H34IN5O2S. The third-order valence-electron chi connectivity index (χ3n) is 3.84. The van der Waals surface area contributed by atoms with Crippen LogP contribution in [0.4, 0.5) is 4.79 Å². The van der Waals surface area contributed by atoms with Gasteiger partial charge in [0.05, 0.1) is 17.2 Å². The number of hydrogen-bond acceptors (Lipinski definition) is 5. The molecule has 1 rings (SSSR count). The second-order valence-corrected chi connectivity index (χ2v) is 8.61. The van der Waals surface area contributed by atoms with E-state index in [1.54, 1.807) is 30.3 Å². The summed E-state index contributed by atoms with van der Waals surface area (Å²) in [6.07, 6.45) is 0.485. The van der Waals surface area contributed by atoms with E-state index in [1.807, 2.05) is 41.5 Å². The smallest absolute Gasteiger partial charge is 0.410 e. The van der Waals surface area contributed by atoms with Crippen molar-refractivity contribution in [1.29, 1.82) is 0 Å². The Morgan fingerprint density at radius 3 is 2.44 bits per heavy atom. The minimum atomic E-state index is -0.484. The molecule has 27 heavy (non-hydrogen) atoms. The van der Waals surface area contributed by atoms with Crippen LogP contribution in [0.2, 0.25) is 0 Å². The molecule has 0 bridgehead atoms. The summed E-state index contributed by atoms with van der Waals surface area (Å²) in [5.41, 5.74) is 0.575. The van der Waals surface area contributed by atoms with Crippen LogP contribution in [0.15, 0.2) is 4.99 Å². The number of guanidine groups is 1. The second kappa shape index (κ2) is 11.7. The molecule has 0 aromatic carbocycles. The molecule has 7 nitrogen and oxygen atoms in total. The highest BCUT2D eigenvalue weighted by atomic mass is 127. The summed E-state index contributed by atoms with van der Waals surface area (Å²) in [4.78, 5) is 23.6. The van der Waals surface area contributed by atoms with Crippen molar-refractivity contribution >= 4 is 47.4 Å². The van der Waals surface area contributed by atoms with E-state index < -0.39 is 5.60 Å². The lowest BCUT2D eigenvalue weighted by Crippen LogP contribution is -2.42. The van der Waals surface area contributed by atoms with E-state index in [0.29, 0.717) is 13.1 Å². The first kappa shape index (κ1) is 25.9. The highest BCUT2D eigenvalue weighted by Gasteiger charge is 2.22. The lowest BCUT2D eigenvalue weighted by molar-refractivity contribution is 0.0230. The van der Waals surface area contributed by atoms with Gasteiger partial charge in [-0.2, -0.15) is 0 Å². The van der Waals surface area contributed by atoms with Crippen LogP contribution in [0.1, 0.15) is 49.7 Å². The van der Waals surface area contributed by atoms with Crippen molar-refractivity contribution in [2.75, 3.05) is 20.6 Å². The van der Waals surface area contributed by atoms with Crippen LogP contribution in [0.25, 0.3) is 0 Å². The van der Waals surface area contributed by atoms with E-state index >= 15 is 0 Å². The predicted molar refractivity (Wildman–Crippen MR) is 123 cm³/mol. The number of halogens is 1. The normalized spacial score (nSPS) is 12.8. The number of rotatable bonds is 6. The molecule has 1 atom stereocenters. The summed E-state index contributed by atoms with van der Waals surface area (Å²) in [5.74, 6) is 0.738. The van der Waals surface area contributed by atoms with E-state index in [4.69, 9.17) is 4.74 Å². The van der Waals surface area contributed by atoms with Gasteiger partial charge >= 0.3 is 6.09 Å².